The van der Waals surface area contributed by atoms with E-state index in [4.69, 9.17) is 14.2 Å². The summed E-state index contributed by atoms with van der Waals surface area (Å²) < 4.78 is 15.7. The smallest absolute Gasteiger partial charge is 0.277 e. The lowest BCUT2D eigenvalue weighted by Gasteiger charge is -2.11. The van der Waals surface area contributed by atoms with E-state index in [1.807, 2.05) is 19.1 Å². The van der Waals surface area contributed by atoms with Crippen LogP contribution in [0.3, 0.4) is 0 Å². The maximum atomic E-state index is 12.2. The number of anilines is 1. The largest absolute Gasteiger partial charge is 0.497 e. The molecule has 0 aliphatic carbocycles. The van der Waals surface area contributed by atoms with Crippen molar-refractivity contribution in [3.63, 3.8) is 0 Å². The van der Waals surface area contributed by atoms with E-state index >= 15 is 0 Å². The number of nitrogens with zero attached hydrogens (tertiary/aromatic N) is 1. The highest BCUT2D eigenvalue weighted by Gasteiger charge is 2.10. The number of hydrogen-bond donors (Lipinski definition) is 2. The Morgan fingerprint density at radius 2 is 1.66 bits per heavy atom. The van der Waals surface area contributed by atoms with Gasteiger partial charge >= 0.3 is 0 Å². The Hall–Kier alpha value is -3.55. The molecular weight excluding hydrogens is 374 g/mol. The summed E-state index contributed by atoms with van der Waals surface area (Å²) in [5.74, 6) is 0.989. The topological polar surface area (TPSA) is 98.2 Å². The fourth-order valence-corrected chi connectivity index (χ4v) is 2.34. The lowest BCUT2D eigenvalue weighted by atomic mass is 10.2. The molecule has 0 aliphatic rings. The first kappa shape index (κ1) is 21.7. The van der Waals surface area contributed by atoms with Crippen LogP contribution in [0.15, 0.2) is 47.6 Å². The Bertz CT molecular complexity index is 878. The number of aryl methyl sites for hydroxylation is 1. The predicted molar refractivity (Wildman–Crippen MR) is 111 cm³/mol. The van der Waals surface area contributed by atoms with Gasteiger partial charge in [-0.25, -0.2) is 5.43 Å². The van der Waals surface area contributed by atoms with Crippen molar-refractivity contribution in [2.24, 2.45) is 5.10 Å². The summed E-state index contributed by atoms with van der Waals surface area (Å²) in [4.78, 5) is 24.0. The second-order valence-corrected chi connectivity index (χ2v) is 6.27. The van der Waals surface area contributed by atoms with Gasteiger partial charge in [-0.1, -0.05) is 17.7 Å². The van der Waals surface area contributed by atoms with Crippen LogP contribution in [0.2, 0.25) is 0 Å². The van der Waals surface area contributed by atoms with E-state index in [0.717, 1.165) is 5.56 Å². The monoisotopic (exact) mass is 399 g/mol. The van der Waals surface area contributed by atoms with Crippen LogP contribution >= 0.6 is 0 Å². The first-order chi connectivity index (χ1) is 13.9. The Morgan fingerprint density at radius 3 is 2.31 bits per heavy atom. The Morgan fingerprint density at radius 1 is 0.966 bits per heavy atom. The molecule has 0 atom stereocenters. The van der Waals surface area contributed by atoms with Gasteiger partial charge in [-0.2, -0.15) is 5.10 Å². The molecule has 0 heterocycles. The number of ether oxygens (including phenoxy) is 3. The molecule has 0 aromatic heterocycles. The molecule has 29 heavy (non-hydrogen) atoms. The molecule has 0 fully saturated rings. The molecule has 2 N–H and O–H groups in total. The number of carbonyl (C=O) groups excluding carboxylic acids is 2. The minimum Gasteiger partial charge on any atom is -0.497 e. The van der Waals surface area contributed by atoms with Gasteiger partial charge in [0.1, 0.15) is 17.2 Å². The van der Waals surface area contributed by atoms with E-state index < -0.39 is 5.91 Å². The van der Waals surface area contributed by atoms with Crippen LogP contribution in [0.25, 0.3) is 0 Å². The highest BCUT2D eigenvalue weighted by atomic mass is 16.5. The summed E-state index contributed by atoms with van der Waals surface area (Å²) in [6.07, 6.45) is 0.00822. The maximum Gasteiger partial charge on any atom is 0.277 e. The molecular formula is C21H25N3O5. The van der Waals surface area contributed by atoms with Crippen molar-refractivity contribution >= 4 is 23.2 Å². The van der Waals surface area contributed by atoms with Gasteiger partial charge in [0.05, 0.1) is 26.3 Å². The van der Waals surface area contributed by atoms with Gasteiger partial charge in [-0.3, -0.25) is 9.59 Å². The Labute approximate surface area is 169 Å². The lowest BCUT2D eigenvalue weighted by Crippen LogP contribution is -2.26. The van der Waals surface area contributed by atoms with Crippen molar-refractivity contribution in [3.8, 4) is 17.2 Å². The summed E-state index contributed by atoms with van der Waals surface area (Å²) in [7, 11) is 3.05. The second kappa shape index (κ2) is 10.7. The summed E-state index contributed by atoms with van der Waals surface area (Å²) in [5, 5.41) is 6.67. The van der Waals surface area contributed by atoms with Gasteiger partial charge in [0.15, 0.2) is 6.61 Å². The quantitative estimate of drug-likeness (QED) is 0.499. The van der Waals surface area contributed by atoms with Gasteiger partial charge in [0.25, 0.3) is 5.91 Å². The molecule has 2 rings (SSSR count). The zero-order chi connectivity index (χ0) is 21.2. The molecule has 0 radical (unpaired) electrons. The third-order valence-electron chi connectivity index (χ3n) is 3.86. The summed E-state index contributed by atoms with van der Waals surface area (Å²) >= 11 is 0. The fraction of sp³-hybridized carbons (Fsp3) is 0.286. The molecule has 2 aromatic rings. The van der Waals surface area contributed by atoms with Crippen LogP contribution in [0, 0.1) is 6.92 Å². The third kappa shape index (κ3) is 7.17. The molecule has 0 bridgehead atoms. The van der Waals surface area contributed by atoms with Gasteiger partial charge in [0.2, 0.25) is 5.91 Å². The zero-order valence-corrected chi connectivity index (χ0v) is 16.9. The van der Waals surface area contributed by atoms with Gasteiger partial charge in [0, 0.05) is 11.8 Å². The zero-order valence-electron chi connectivity index (χ0n) is 16.9. The molecule has 2 amide bonds. The average molecular weight is 399 g/mol. The van der Waals surface area contributed by atoms with E-state index in [9.17, 15) is 9.59 Å². The van der Waals surface area contributed by atoms with Gasteiger partial charge in [-0.05, 0) is 38.1 Å². The first-order valence-electron chi connectivity index (χ1n) is 8.94. The molecule has 0 saturated heterocycles. The molecule has 2 aromatic carbocycles. The van der Waals surface area contributed by atoms with E-state index in [2.05, 4.69) is 15.8 Å². The summed E-state index contributed by atoms with van der Waals surface area (Å²) in [5.41, 5.74) is 4.44. The lowest BCUT2D eigenvalue weighted by molar-refractivity contribution is -0.123. The van der Waals surface area contributed by atoms with Crippen LogP contribution in [-0.2, 0) is 9.59 Å². The van der Waals surface area contributed by atoms with E-state index in [-0.39, 0.29) is 18.9 Å². The Kier molecular flexibility index (Phi) is 8.02. The van der Waals surface area contributed by atoms with E-state index in [0.29, 0.717) is 28.6 Å². The maximum absolute atomic E-state index is 12.2. The molecule has 0 saturated carbocycles. The molecule has 0 aliphatic heterocycles. The number of rotatable bonds is 9. The molecule has 0 unspecified atom stereocenters. The Balaban J connectivity index is 1.81. The van der Waals surface area contributed by atoms with Crippen molar-refractivity contribution in [3.05, 3.63) is 48.0 Å². The van der Waals surface area contributed by atoms with E-state index in [1.54, 1.807) is 44.4 Å². The van der Waals surface area contributed by atoms with Crippen LogP contribution in [0.5, 0.6) is 17.2 Å². The standard InChI is InChI=1S/C21H25N3O5/c1-14-5-7-16(8-6-14)29-13-21(26)24-23-15(2)11-20(25)22-18-10-9-17(27-3)12-19(18)28-4/h5-10,12H,11,13H2,1-4H3,(H,22,25)(H,24,26). The van der Waals surface area contributed by atoms with Crippen LogP contribution in [0.4, 0.5) is 5.69 Å². The number of carbonyl (C=O) groups is 2. The minimum atomic E-state index is -0.415. The first-order valence-corrected chi connectivity index (χ1v) is 8.94. The van der Waals surface area contributed by atoms with Crippen molar-refractivity contribution in [2.75, 3.05) is 26.1 Å². The second-order valence-electron chi connectivity index (χ2n) is 6.27. The molecule has 8 heteroatoms. The highest BCUT2D eigenvalue weighted by molar-refractivity contribution is 6.06. The molecule has 154 valence electrons. The number of hydrogen-bond acceptors (Lipinski definition) is 6. The number of benzene rings is 2. The third-order valence-corrected chi connectivity index (χ3v) is 3.86. The molecule has 0 spiro atoms. The fourth-order valence-electron chi connectivity index (χ4n) is 2.34. The average Bonchev–Trinajstić information content (AvgIpc) is 2.72. The number of nitrogens with one attached hydrogen (secondary N) is 2. The number of hydrazone groups is 1. The highest BCUT2D eigenvalue weighted by Crippen LogP contribution is 2.29. The van der Waals surface area contributed by atoms with Crippen molar-refractivity contribution in [1.82, 2.24) is 5.43 Å². The van der Waals surface area contributed by atoms with Gasteiger partial charge in [-0.15, -0.1) is 0 Å². The van der Waals surface area contributed by atoms with Gasteiger partial charge < -0.3 is 19.5 Å². The predicted octanol–water partition coefficient (Wildman–Crippen LogP) is 2.91. The summed E-state index contributed by atoms with van der Waals surface area (Å²) in [6.45, 7) is 3.44. The minimum absolute atomic E-state index is 0.00822. The van der Waals surface area contributed by atoms with E-state index in [1.165, 1.54) is 7.11 Å². The number of methoxy groups -OCH3 is 2. The van der Waals surface area contributed by atoms with Crippen molar-refractivity contribution in [1.29, 1.82) is 0 Å². The van der Waals surface area contributed by atoms with Crippen molar-refractivity contribution < 1.29 is 23.8 Å². The molecule has 8 nitrogen and oxygen atoms in total. The van der Waals surface area contributed by atoms with Crippen LogP contribution in [-0.4, -0.2) is 38.4 Å². The SMILES string of the molecule is COc1ccc(NC(=O)CC(C)=NNC(=O)COc2ccc(C)cc2)c(OC)c1. The summed E-state index contributed by atoms with van der Waals surface area (Å²) in [6, 6.07) is 12.4. The van der Waals surface area contributed by atoms with Crippen LogP contribution < -0.4 is 25.0 Å². The van der Waals surface area contributed by atoms with Crippen molar-refractivity contribution in [2.45, 2.75) is 20.3 Å². The normalized spacial score (nSPS) is 10.8. The number of amides is 2. The van der Waals surface area contributed by atoms with Crippen LogP contribution in [0.1, 0.15) is 18.9 Å².